The Bertz CT molecular complexity index is 894. The first-order valence-electron chi connectivity index (χ1n) is 7.45. The third kappa shape index (κ3) is 3.63. The van der Waals surface area contributed by atoms with Crippen LogP contribution >= 0.6 is 11.3 Å². The second-order valence-corrected chi connectivity index (χ2v) is 6.53. The first-order valence-corrected chi connectivity index (χ1v) is 8.27. The molecule has 0 fully saturated rings. The van der Waals surface area contributed by atoms with Crippen LogP contribution in [0.15, 0.2) is 28.8 Å². The molecule has 0 aliphatic rings. The molecule has 0 unspecified atom stereocenters. The minimum atomic E-state index is -0.256. The molecule has 1 amide bonds. The Morgan fingerprint density at radius 1 is 1.12 bits per heavy atom. The van der Waals surface area contributed by atoms with E-state index in [9.17, 15) is 4.79 Å². The summed E-state index contributed by atoms with van der Waals surface area (Å²) in [6, 6.07) is 6.86. The Morgan fingerprint density at radius 2 is 1.80 bits per heavy atom. The third-order valence-electron chi connectivity index (χ3n) is 3.53. The Balaban J connectivity index is 1.85. The molecule has 2 aromatic heterocycles. The highest BCUT2D eigenvalue weighted by Gasteiger charge is 2.16. The molecule has 7 nitrogen and oxygen atoms in total. The Labute approximate surface area is 148 Å². The number of ether oxygens (including phenoxy) is 2. The number of anilines is 1. The Kier molecular flexibility index (Phi) is 4.71. The second kappa shape index (κ2) is 6.94. The predicted octanol–water partition coefficient (Wildman–Crippen LogP) is 3.68. The van der Waals surface area contributed by atoms with Crippen molar-refractivity contribution in [1.82, 2.24) is 10.1 Å². The number of rotatable bonds is 5. The lowest BCUT2D eigenvalue weighted by molar-refractivity contribution is 0.102. The van der Waals surface area contributed by atoms with Gasteiger partial charge in [-0.3, -0.25) is 4.79 Å². The van der Waals surface area contributed by atoms with Crippen molar-refractivity contribution in [3.63, 3.8) is 0 Å². The molecule has 3 rings (SSSR count). The second-order valence-electron chi connectivity index (χ2n) is 5.27. The summed E-state index contributed by atoms with van der Waals surface area (Å²) < 4.78 is 15.4. The van der Waals surface area contributed by atoms with Crippen LogP contribution in [0, 0.1) is 13.8 Å². The van der Waals surface area contributed by atoms with Crippen LogP contribution in [-0.4, -0.2) is 30.3 Å². The van der Waals surface area contributed by atoms with Crippen molar-refractivity contribution in [2.24, 2.45) is 0 Å². The fourth-order valence-electron chi connectivity index (χ4n) is 2.25. The van der Waals surface area contributed by atoms with Crippen molar-refractivity contribution in [3.8, 4) is 22.2 Å². The molecule has 1 N–H and O–H groups in total. The van der Waals surface area contributed by atoms with Gasteiger partial charge in [-0.25, -0.2) is 0 Å². The minimum Gasteiger partial charge on any atom is -0.497 e. The van der Waals surface area contributed by atoms with Crippen LogP contribution in [0.4, 0.5) is 5.69 Å². The minimum absolute atomic E-state index is 0.256. The van der Waals surface area contributed by atoms with Crippen LogP contribution in [0.25, 0.3) is 10.7 Å². The highest BCUT2D eigenvalue weighted by molar-refractivity contribution is 7.16. The molecule has 25 heavy (non-hydrogen) atoms. The van der Waals surface area contributed by atoms with Crippen LogP contribution in [0.5, 0.6) is 11.5 Å². The molecular weight excluding hydrogens is 342 g/mol. The molecule has 0 spiro atoms. The van der Waals surface area contributed by atoms with E-state index in [0.29, 0.717) is 34.5 Å². The molecule has 1 aromatic carbocycles. The lowest BCUT2D eigenvalue weighted by atomic mass is 10.2. The van der Waals surface area contributed by atoms with Gasteiger partial charge in [-0.05, 0) is 25.1 Å². The summed E-state index contributed by atoms with van der Waals surface area (Å²) in [6.07, 6.45) is 0. The zero-order valence-electron chi connectivity index (χ0n) is 14.2. The van der Waals surface area contributed by atoms with E-state index in [1.165, 1.54) is 11.3 Å². The summed E-state index contributed by atoms with van der Waals surface area (Å²) in [6.45, 7) is 3.65. The highest BCUT2D eigenvalue weighted by Crippen LogP contribution is 2.33. The number of hydrogen-bond donors (Lipinski definition) is 1. The lowest BCUT2D eigenvalue weighted by Crippen LogP contribution is -2.12. The van der Waals surface area contributed by atoms with E-state index in [1.54, 1.807) is 39.3 Å². The highest BCUT2D eigenvalue weighted by atomic mass is 32.1. The molecule has 0 atom stereocenters. The monoisotopic (exact) mass is 359 g/mol. The number of aryl methyl sites for hydroxylation is 2. The molecule has 0 saturated carbocycles. The summed E-state index contributed by atoms with van der Waals surface area (Å²) in [5.41, 5.74) is 1.15. The smallest absolute Gasteiger partial charge is 0.255 e. The molecule has 0 radical (unpaired) electrons. The maximum atomic E-state index is 12.6. The molecule has 0 aliphatic heterocycles. The van der Waals surface area contributed by atoms with Gasteiger partial charge in [-0.15, -0.1) is 11.3 Å². The number of aromatic nitrogens is 2. The average Bonchev–Trinajstić information content (AvgIpc) is 3.20. The van der Waals surface area contributed by atoms with E-state index in [2.05, 4.69) is 15.5 Å². The maximum Gasteiger partial charge on any atom is 0.255 e. The third-order valence-corrected chi connectivity index (χ3v) is 4.57. The average molecular weight is 359 g/mol. The number of benzene rings is 1. The van der Waals surface area contributed by atoms with Crippen LogP contribution in [-0.2, 0) is 0 Å². The fourth-order valence-corrected chi connectivity index (χ4v) is 3.15. The van der Waals surface area contributed by atoms with Gasteiger partial charge in [-0.2, -0.15) is 4.98 Å². The van der Waals surface area contributed by atoms with Crippen LogP contribution in [0.3, 0.4) is 0 Å². The van der Waals surface area contributed by atoms with Gasteiger partial charge in [0.1, 0.15) is 11.5 Å². The number of nitrogens with one attached hydrogen (secondary N) is 1. The quantitative estimate of drug-likeness (QED) is 0.748. The first-order chi connectivity index (χ1) is 12.0. The summed E-state index contributed by atoms with van der Waals surface area (Å²) in [4.78, 5) is 18.6. The summed E-state index contributed by atoms with van der Waals surface area (Å²) in [5.74, 6) is 1.85. The number of amides is 1. The van der Waals surface area contributed by atoms with Gasteiger partial charge in [0.05, 0.1) is 24.8 Å². The summed E-state index contributed by atoms with van der Waals surface area (Å²) in [5, 5.41) is 6.80. The van der Waals surface area contributed by atoms with Crippen molar-refractivity contribution in [1.29, 1.82) is 0 Å². The molecule has 8 heteroatoms. The molecule has 0 aliphatic carbocycles. The molecule has 3 aromatic rings. The van der Waals surface area contributed by atoms with E-state index < -0.39 is 0 Å². The summed E-state index contributed by atoms with van der Waals surface area (Å²) >= 11 is 1.48. The van der Waals surface area contributed by atoms with Crippen molar-refractivity contribution in [3.05, 3.63) is 40.6 Å². The number of thiophene rings is 1. The largest absolute Gasteiger partial charge is 0.497 e. The van der Waals surface area contributed by atoms with Crippen molar-refractivity contribution < 1.29 is 18.8 Å². The van der Waals surface area contributed by atoms with Gasteiger partial charge in [0.25, 0.3) is 5.91 Å². The number of carbonyl (C=O) groups excluding carboxylic acids is 1. The van der Waals surface area contributed by atoms with E-state index in [0.717, 1.165) is 9.75 Å². The lowest BCUT2D eigenvalue weighted by Gasteiger charge is -2.09. The molecule has 2 heterocycles. The molecule has 0 saturated heterocycles. The van der Waals surface area contributed by atoms with Crippen LogP contribution < -0.4 is 14.8 Å². The van der Waals surface area contributed by atoms with Crippen molar-refractivity contribution in [2.45, 2.75) is 13.8 Å². The normalized spacial score (nSPS) is 10.6. The maximum absolute atomic E-state index is 12.6. The summed E-state index contributed by atoms with van der Waals surface area (Å²) in [7, 11) is 3.08. The molecular formula is C17H17N3O4S. The SMILES string of the molecule is COc1cc(OC)cc(C(=O)Nc2cc(-c3noc(C)n3)sc2C)c1. The number of nitrogens with zero attached hydrogens (tertiary/aromatic N) is 2. The van der Waals surface area contributed by atoms with Crippen LogP contribution in [0.1, 0.15) is 21.1 Å². The molecule has 0 bridgehead atoms. The van der Waals surface area contributed by atoms with E-state index in [4.69, 9.17) is 14.0 Å². The van der Waals surface area contributed by atoms with E-state index in [-0.39, 0.29) is 5.91 Å². The number of carbonyl (C=O) groups is 1. The Hall–Kier alpha value is -2.87. The van der Waals surface area contributed by atoms with Crippen molar-refractivity contribution in [2.75, 3.05) is 19.5 Å². The number of methoxy groups -OCH3 is 2. The number of hydrogen-bond acceptors (Lipinski definition) is 7. The predicted molar refractivity (Wildman–Crippen MR) is 94.6 cm³/mol. The van der Waals surface area contributed by atoms with Gasteiger partial charge in [0.2, 0.25) is 11.7 Å². The van der Waals surface area contributed by atoms with Gasteiger partial charge < -0.3 is 19.3 Å². The standard InChI is InChI=1S/C17H17N3O4S/c1-9-14(8-15(25-9)16-18-10(2)24-20-16)19-17(21)11-5-12(22-3)7-13(6-11)23-4/h5-8H,1-4H3,(H,19,21). The van der Waals surface area contributed by atoms with Gasteiger partial charge in [-0.1, -0.05) is 5.16 Å². The fraction of sp³-hybridized carbons (Fsp3) is 0.235. The van der Waals surface area contributed by atoms with Gasteiger partial charge in [0, 0.05) is 23.4 Å². The Morgan fingerprint density at radius 3 is 2.36 bits per heavy atom. The van der Waals surface area contributed by atoms with E-state index >= 15 is 0 Å². The topological polar surface area (TPSA) is 86.5 Å². The first kappa shape index (κ1) is 17.0. The zero-order chi connectivity index (χ0) is 18.0. The zero-order valence-corrected chi connectivity index (χ0v) is 15.1. The molecule has 130 valence electrons. The van der Waals surface area contributed by atoms with Crippen molar-refractivity contribution >= 4 is 22.9 Å². The van der Waals surface area contributed by atoms with Gasteiger partial charge >= 0.3 is 0 Å². The van der Waals surface area contributed by atoms with E-state index in [1.807, 2.05) is 13.0 Å². The van der Waals surface area contributed by atoms with Crippen LogP contribution in [0.2, 0.25) is 0 Å². The van der Waals surface area contributed by atoms with Gasteiger partial charge in [0.15, 0.2) is 0 Å².